The fourth-order valence-corrected chi connectivity index (χ4v) is 1.45. The van der Waals surface area contributed by atoms with E-state index in [9.17, 15) is 18.0 Å². The monoisotopic (exact) mass is 277 g/mol. The molecule has 0 aromatic heterocycles. The summed E-state index contributed by atoms with van der Waals surface area (Å²) in [5, 5.41) is 8.71. The second kappa shape index (κ2) is 5.18. The molecular weight excluding hydrogens is 271 g/mol. The van der Waals surface area contributed by atoms with E-state index < -0.39 is 29.2 Å². The Bertz CT molecular complexity index is 522. The number of thiol groups is 1. The van der Waals surface area contributed by atoms with Gasteiger partial charge in [0, 0.05) is 4.90 Å². The number of esters is 1. The van der Waals surface area contributed by atoms with E-state index in [1.807, 2.05) is 0 Å². The maximum absolute atomic E-state index is 12.2. The maximum Gasteiger partial charge on any atom is 0.573 e. The fourth-order valence-electron chi connectivity index (χ4n) is 1.18. The highest BCUT2D eigenvalue weighted by molar-refractivity contribution is 7.80. The van der Waals surface area contributed by atoms with Gasteiger partial charge in [0.25, 0.3) is 0 Å². The van der Waals surface area contributed by atoms with Crippen LogP contribution in [0.25, 0.3) is 0 Å². The Kier molecular flexibility index (Phi) is 4.08. The second-order valence-electron chi connectivity index (χ2n) is 2.99. The first-order chi connectivity index (χ1) is 8.30. The predicted molar refractivity (Wildman–Crippen MR) is 56.4 cm³/mol. The quantitative estimate of drug-likeness (QED) is 0.666. The van der Waals surface area contributed by atoms with Crippen LogP contribution in [0, 0.1) is 11.3 Å². The lowest BCUT2D eigenvalue weighted by Gasteiger charge is -2.14. The number of hydrogen-bond donors (Lipinski definition) is 1. The number of alkyl halides is 3. The van der Waals surface area contributed by atoms with Gasteiger partial charge in [0.2, 0.25) is 0 Å². The fraction of sp³-hybridized carbons (Fsp3) is 0.200. The third-order valence-electron chi connectivity index (χ3n) is 1.86. The van der Waals surface area contributed by atoms with E-state index in [0.29, 0.717) is 0 Å². The van der Waals surface area contributed by atoms with Gasteiger partial charge in [-0.2, -0.15) is 5.26 Å². The number of halogens is 3. The van der Waals surface area contributed by atoms with Crippen LogP contribution in [-0.4, -0.2) is 19.4 Å². The highest BCUT2D eigenvalue weighted by atomic mass is 32.1. The first-order valence-corrected chi connectivity index (χ1v) is 4.85. The number of ether oxygens (including phenoxy) is 2. The van der Waals surface area contributed by atoms with Gasteiger partial charge in [-0.25, -0.2) is 4.79 Å². The summed E-state index contributed by atoms with van der Waals surface area (Å²) in [5.74, 6) is -1.99. The summed E-state index contributed by atoms with van der Waals surface area (Å²) < 4.78 is 44.7. The van der Waals surface area contributed by atoms with Gasteiger partial charge >= 0.3 is 12.3 Å². The van der Waals surface area contributed by atoms with Crippen molar-refractivity contribution in [2.75, 3.05) is 7.11 Å². The lowest BCUT2D eigenvalue weighted by Crippen LogP contribution is -2.20. The molecule has 0 radical (unpaired) electrons. The predicted octanol–water partition coefficient (Wildman–Crippen LogP) is 2.53. The summed E-state index contributed by atoms with van der Waals surface area (Å²) in [7, 11) is 0.992. The molecule has 0 aliphatic heterocycles. The van der Waals surface area contributed by atoms with Crippen LogP contribution >= 0.6 is 12.6 Å². The Labute approximate surface area is 105 Å². The summed E-state index contributed by atoms with van der Waals surface area (Å²) in [4.78, 5) is 11.3. The van der Waals surface area contributed by atoms with Gasteiger partial charge in [-0.15, -0.1) is 25.8 Å². The third-order valence-corrected chi connectivity index (χ3v) is 2.24. The van der Waals surface area contributed by atoms with Crippen LogP contribution in [0.3, 0.4) is 0 Å². The zero-order valence-corrected chi connectivity index (χ0v) is 9.80. The number of nitriles is 1. The molecule has 0 saturated heterocycles. The van der Waals surface area contributed by atoms with E-state index in [2.05, 4.69) is 22.1 Å². The van der Waals surface area contributed by atoms with E-state index in [-0.39, 0.29) is 4.90 Å². The second-order valence-corrected chi connectivity index (χ2v) is 3.47. The minimum atomic E-state index is -5.03. The lowest BCUT2D eigenvalue weighted by atomic mass is 10.1. The molecule has 8 heteroatoms. The number of carbonyl (C=O) groups excluding carboxylic acids is 1. The summed E-state index contributed by atoms with van der Waals surface area (Å²) in [6, 6.07) is 3.77. The first-order valence-electron chi connectivity index (χ1n) is 4.40. The number of hydrogen-bond acceptors (Lipinski definition) is 5. The van der Waals surface area contributed by atoms with Gasteiger partial charge < -0.3 is 9.47 Å². The number of carbonyl (C=O) groups is 1. The van der Waals surface area contributed by atoms with Crippen molar-refractivity contribution >= 4 is 18.6 Å². The molecule has 0 atom stereocenters. The molecule has 0 aliphatic rings. The van der Waals surface area contributed by atoms with E-state index in [1.165, 1.54) is 12.1 Å². The number of rotatable bonds is 2. The first kappa shape index (κ1) is 14.2. The summed E-state index contributed by atoms with van der Waals surface area (Å²) >= 11 is 3.84. The third kappa shape index (κ3) is 3.07. The molecule has 0 bridgehead atoms. The average Bonchev–Trinajstić information content (AvgIpc) is 2.27. The number of methoxy groups -OCH3 is 1. The highest BCUT2D eigenvalue weighted by Gasteiger charge is 2.35. The van der Waals surface area contributed by atoms with Crippen LogP contribution in [0.5, 0.6) is 5.75 Å². The van der Waals surface area contributed by atoms with E-state index >= 15 is 0 Å². The van der Waals surface area contributed by atoms with Crippen LogP contribution in [0.15, 0.2) is 17.0 Å². The smallest absolute Gasteiger partial charge is 0.465 e. The highest BCUT2D eigenvalue weighted by Crippen LogP contribution is 2.34. The molecule has 96 valence electrons. The molecule has 1 aromatic rings. The molecule has 4 nitrogen and oxygen atoms in total. The number of nitrogens with zero attached hydrogens (tertiary/aromatic N) is 1. The van der Waals surface area contributed by atoms with E-state index in [0.717, 1.165) is 13.2 Å². The molecule has 0 N–H and O–H groups in total. The molecule has 0 saturated carbocycles. The van der Waals surface area contributed by atoms with Gasteiger partial charge in [0.15, 0.2) is 5.75 Å². The van der Waals surface area contributed by atoms with Crippen LogP contribution < -0.4 is 4.74 Å². The van der Waals surface area contributed by atoms with Crippen molar-refractivity contribution in [1.29, 1.82) is 5.26 Å². The molecule has 0 aliphatic carbocycles. The van der Waals surface area contributed by atoms with Crippen molar-refractivity contribution in [3.63, 3.8) is 0 Å². The van der Waals surface area contributed by atoms with Crippen molar-refractivity contribution in [2.45, 2.75) is 11.3 Å². The Morgan fingerprint density at radius 2 is 2.06 bits per heavy atom. The minimum absolute atomic E-state index is 0.0832. The van der Waals surface area contributed by atoms with Crippen molar-refractivity contribution in [3.8, 4) is 11.8 Å². The SMILES string of the molecule is COC(=O)c1c(S)ccc(C#N)c1OC(F)(F)F. The Balaban J connectivity index is 3.47. The van der Waals surface area contributed by atoms with Gasteiger partial charge in [0.1, 0.15) is 11.6 Å². The largest absolute Gasteiger partial charge is 0.573 e. The van der Waals surface area contributed by atoms with Crippen LogP contribution in [0.1, 0.15) is 15.9 Å². The van der Waals surface area contributed by atoms with Crippen LogP contribution in [0.2, 0.25) is 0 Å². The minimum Gasteiger partial charge on any atom is -0.465 e. The normalized spacial score (nSPS) is 10.7. The molecule has 0 heterocycles. The Morgan fingerprint density at radius 1 is 1.44 bits per heavy atom. The van der Waals surface area contributed by atoms with Crippen molar-refractivity contribution < 1.29 is 27.4 Å². The van der Waals surface area contributed by atoms with Crippen molar-refractivity contribution in [3.05, 3.63) is 23.3 Å². The molecule has 0 fully saturated rings. The van der Waals surface area contributed by atoms with Gasteiger partial charge in [-0.1, -0.05) is 0 Å². The molecular formula is C10H6F3NO3S. The number of benzene rings is 1. The molecule has 0 amide bonds. The zero-order chi connectivity index (χ0) is 13.9. The summed E-state index contributed by atoms with van der Waals surface area (Å²) in [6.07, 6.45) is -5.03. The molecule has 1 aromatic carbocycles. The Hall–Kier alpha value is -1.88. The van der Waals surface area contributed by atoms with Crippen LogP contribution in [0.4, 0.5) is 13.2 Å². The van der Waals surface area contributed by atoms with Gasteiger partial charge in [-0.3, -0.25) is 0 Å². The van der Waals surface area contributed by atoms with Gasteiger partial charge in [0.05, 0.1) is 12.7 Å². The zero-order valence-electron chi connectivity index (χ0n) is 8.91. The summed E-state index contributed by atoms with van der Waals surface area (Å²) in [5.41, 5.74) is -0.984. The summed E-state index contributed by atoms with van der Waals surface area (Å²) in [6.45, 7) is 0. The molecule has 1 rings (SSSR count). The molecule has 18 heavy (non-hydrogen) atoms. The molecule has 0 unspecified atom stereocenters. The van der Waals surface area contributed by atoms with E-state index in [1.54, 1.807) is 0 Å². The van der Waals surface area contributed by atoms with Crippen molar-refractivity contribution in [1.82, 2.24) is 0 Å². The topological polar surface area (TPSA) is 59.3 Å². The van der Waals surface area contributed by atoms with Crippen LogP contribution in [-0.2, 0) is 4.74 Å². The van der Waals surface area contributed by atoms with Gasteiger partial charge in [-0.05, 0) is 12.1 Å². The van der Waals surface area contributed by atoms with E-state index in [4.69, 9.17) is 5.26 Å². The van der Waals surface area contributed by atoms with Crippen molar-refractivity contribution in [2.24, 2.45) is 0 Å². The lowest BCUT2D eigenvalue weighted by molar-refractivity contribution is -0.274. The molecule has 0 spiro atoms. The maximum atomic E-state index is 12.2. The Morgan fingerprint density at radius 3 is 2.50 bits per heavy atom. The standard InChI is InChI=1S/C10H6F3NO3S/c1-16-9(15)7-6(18)3-2-5(4-14)8(7)17-10(11,12)13/h2-3,18H,1H3. The average molecular weight is 277 g/mol.